The van der Waals surface area contributed by atoms with Gasteiger partial charge >= 0.3 is 0 Å². The first-order valence-corrected chi connectivity index (χ1v) is 17.6. The van der Waals surface area contributed by atoms with E-state index in [1.54, 1.807) is 0 Å². The summed E-state index contributed by atoms with van der Waals surface area (Å²) in [4.78, 5) is 0. The van der Waals surface area contributed by atoms with Crippen LogP contribution in [0.2, 0.25) is 0 Å². The van der Waals surface area contributed by atoms with E-state index in [9.17, 15) is 15.8 Å². The second-order valence-corrected chi connectivity index (χ2v) is 13.7. The molecule has 2 unspecified atom stereocenters. The highest BCUT2D eigenvalue weighted by Gasteiger charge is 2.27. The van der Waals surface area contributed by atoms with E-state index in [-0.39, 0.29) is 11.8 Å². The van der Waals surface area contributed by atoms with Crippen LogP contribution in [-0.2, 0) is 6.42 Å². The van der Waals surface area contributed by atoms with Crippen molar-refractivity contribution in [1.82, 2.24) is 9.13 Å². The molecule has 0 bridgehead atoms. The third-order valence-electron chi connectivity index (χ3n) is 10.8. The van der Waals surface area contributed by atoms with Crippen molar-refractivity contribution in [1.29, 1.82) is 15.8 Å². The number of aromatic nitrogens is 2. The Bertz CT molecular complexity index is 2750. The molecule has 2 heterocycles. The summed E-state index contributed by atoms with van der Waals surface area (Å²) in [5.41, 5.74) is 13.6. The Hall–Kier alpha value is -6.61. The van der Waals surface area contributed by atoms with Crippen molar-refractivity contribution in [3.05, 3.63) is 149 Å². The van der Waals surface area contributed by atoms with Gasteiger partial charge in [0.2, 0.25) is 0 Å². The minimum atomic E-state index is -0.191. The Morgan fingerprint density at radius 3 is 2.37 bits per heavy atom. The lowest BCUT2D eigenvalue weighted by Gasteiger charge is -2.21. The van der Waals surface area contributed by atoms with Crippen molar-refractivity contribution in [2.75, 3.05) is 0 Å². The zero-order valence-electron chi connectivity index (χ0n) is 28.3. The van der Waals surface area contributed by atoms with E-state index in [1.807, 2.05) is 24.3 Å². The number of fused-ring (bicyclic) bond motifs is 6. The molecule has 0 radical (unpaired) electrons. The summed E-state index contributed by atoms with van der Waals surface area (Å²) in [6.07, 6.45) is 16.4. The molecule has 242 valence electrons. The van der Waals surface area contributed by atoms with Crippen LogP contribution in [0.5, 0.6) is 0 Å². The molecule has 2 atom stereocenters. The van der Waals surface area contributed by atoms with Crippen LogP contribution in [0.15, 0.2) is 121 Å². The van der Waals surface area contributed by atoms with Crippen molar-refractivity contribution in [2.24, 2.45) is 11.8 Å². The highest BCUT2D eigenvalue weighted by molar-refractivity contribution is 6.14. The van der Waals surface area contributed by atoms with Gasteiger partial charge in [0.25, 0.3) is 0 Å². The van der Waals surface area contributed by atoms with Crippen molar-refractivity contribution < 1.29 is 0 Å². The first-order valence-electron chi connectivity index (χ1n) is 17.6. The fourth-order valence-electron chi connectivity index (χ4n) is 8.40. The van der Waals surface area contributed by atoms with Gasteiger partial charge in [0.05, 0.1) is 45.9 Å². The highest BCUT2D eigenvalue weighted by atomic mass is 15.0. The average Bonchev–Trinajstić information content (AvgIpc) is 3.71. The summed E-state index contributed by atoms with van der Waals surface area (Å²) in [5.74, 6) is -0.0307. The smallest absolute Gasteiger partial charge is 0.101 e. The van der Waals surface area contributed by atoms with Gasteiger partial charge in [-0.05, 0) is 90.8 Å². The third-order valence-corrected chi connectivity index (χ3v) is 10.8. The number of hydrogen-bond donors (Lipinski definition) is 0. The molecule has 0 aliphatic heterocycles. The normalized spacial score (nSPS) is 18.3. The Morgan fingerprint density at radius 2 is 1.51 bits per heavy atom. The lowest BCUT2D eigenvalue weighted by Crippen LogP contribution is -2.11. The summed E-state index contributed by atoms with van der Waals surface area (Å²) in [5, 5.41) is 33.5. The molecular formula is C46H33N5. The van der Waals surface area contributed by atoms with Crippen LogP contribution in [0, 0.1) is 45.8 Å². The SMILES string of the molecule is CC1C=CC(n2c3ccccc3c3cccc(C4=CCCC(c5cccc6c5c5c(n6-c6ccccc6C#N)CCC(C#N)=C5)=C4)c32)=CC1C#N. The molecule has 9 rings (SSSR count). The molecule has 0 amide bonds. The van der Waals surface area contributed by atoms with E-state index >= 15 is 0 Å². The minimum Gasteiger partial charge on any atom is -0.312 e. The first-order chi connectivity index (χ1) is 25.1. The number of allylic oxidation sites excluding steroid dienone is 9. The maximum atomic E-state index is 10.1. The summed E-state index contributed by atoms with van der Waals surface area (Å²) in [6.45, 7) is 2.10. The van der Waals surface area contributed by atoms with E-state index in [4.69, 9.17) is 0 Å². The number of hydrogen-bond acceptors (Lipinski definition) is 3. The maximum absolute atomic E-state index is 10.1. The lowest BCUT2D eigenvalue weighted by atomic mass is 9.87. The molecule has 4 aromatic carbocycles. The summed E-state index contributed by atoms with van der Waals surface area (Å²) in [6, 6.07) is 36.7. The van der Waals surface area contributed by atoms with Gasteiger partial charge in [0, 0.05) is 44.2 Å². The van der Waals surface area contributed by atoms with Crippen LogP contribution in [0.25, 0.3) is 61.3 Å². The molecule has 51 heavy (non-hydrogen) atoms. The van der Waals surface area contributed by atoms with Gasteiger partial charge in [-0.25, -0.2) is 0 Å². The molecule has 3 aliphatic carbocycles. The molecule has 0 saturated heterocycles. The summed E-state index contributed by atoms with van der Waals surface area (Å²) >= 11 is 0. The highest BCUT2D eigenvalue weighted by Crippen LogP contribution is 2.44. The molecule has 5 nitrogen and oxygen atoms in total. The quantitative estimate of drug-likeness (QED) is 0.189. The number of rotatable bonds is 4. The average molecular weight is 656 g/mol. The topological polar surface area (TPSA) is 81.2 Å². The molecule has 0 saturated carbocycles. The standard InChI is InChI=1S/C46H33N5/c1-29-19-21-35(25-34(29)28-49)50-42-17-5-3-12-38(42)39-15-7-14-37(46(39)50)32-11-6-10-31(24-32)36-13-8-18-44-45(36)40-23-30(26-47)20-22-43(40)51(44)41-16-4-2-9-33(41)27-48/h2-5,7-9,11-19,21,23-25,29,34H,6,10,20,22H2,1H3. The molecule has 0 fully saturated rings. The second kappa shape index (κ2) is 12.1. The predicted molar refractivity (Wildman–Crippen MR) is 206 cm³/mol. The Morgan fingerprint density at radius 1 is 0.725 bits per heavy atom. The fraction of sp³-hybridized carbons (Fsp3) is 0.152. The Balaban J connectivity index is 1.27. The van der Waals surface area contributed by atoms with Crippen LogP contribution in [0.1, 0.15) is 54.1 Å². The van der Waals surface area contributed by atoms with Crippen molar-refractivity contribution >= 4 is 55.6 Å². The largest absolute Gasteiger partial charge is 0.312 e. The van der Waals surface area contributed by atoms with Gasteiger partial charge in [-0.3, -0.25) is 0 Å². The monoisotopic (exact) mass is 655 g/mol. The molecule has 5 heteroatoms. The van der Waals surface area contributed by atoms with E-state index < -0.39 is 0 Å². The maximum Gasteiger partial charge on any atom is 0.101 e. The Kier molecular flexibility index (Phi) is 7.20. The van der Waals surface area contributed by atoms with Gasteiger partial charge in [-0.15, -0.1) is 0 Å². The van der Waals surface area contributed by atoms with Crippen LogP contribution < -0.4 is 0 Å². The number of nitriles is 3. The molecule has 6 aromatic rings. The lowest BCUT2D eigenvalue weighted by molar-refractivity contribution is 0.616. The number of benzene rings is 4. The number of nitrogens with zero attached hydrogens (tertiary/aromatic N) is 5. The van der Waals surface area contributed by atoms with E-state index in [1.165, 1.54) is 21.9 Å². The Labute approximate surface area is 296 Å². The van der Waals surface area contributed by atoms with Crippen molar-refractivity contribution in [3.63, 3.8) is 0 Å². The van der Waals surface area contributed by atoms with E-state index in [0.29, 0.717) is 12.0 Å². The number of para-hydroxylation sites is 3. The van der Waals surface area contributed by atoms with Crippen molar-refractivity contribution in [3.8, 4) is 23.9 Å². The van der Waals surface area contributed by atoms with Gasteiger partial charge in [-0.1, -0.05) is 85.8 Å². The molecule has 0 spiro atoms. The van der Waals surface area contributed by atoms with E-state index in [2.05, 4.69) is 131 Å². The zero-order chi connectivity index (χ0) is 34.6. The zero-order valence-corrected chi connectivity index (χ0v) is 28.3. The summed E-state index contributed by atoms with van der Waals surface area (Å²) < 4.78 is 4.59. The predicted octanol–water partition coefficient (Wildman–Crippen LogP) is 10.9. The van der Waals surface area contributed by atoms with Crippen LogP contribution in [0.3, 0.4) is 0 Å². The van der Waals surface area contributed by atoms with Crippen molar-refractivity contribution in [2.45, 2.75) is 32.6 Å². The molecule has 3 aliphatic rings. The third kappa shape index (κ3) is 4.73. The minimum absolute atomic E-state index is 0.161. The van der Waals surface area contributed by atoms with E-state index in [0.717, 1.165) is 80.5 Å². The van der Waals surface area contributed by atoms with Gasteiger partial charge in [0.15, 0.2) is 0 Å². The fourth-order valence-corrected chi connectivity index (χ4v) is 8.40. The van der Waals surface area contributed by atoms with Gasteiger partial charge in [-0.2, -0.15) is 15.8 Å². The summed E-state index contributed by atoms with van der Waals surface area (Å²) in [7, 11) is 0. The van der Waals surface area contributed by atoms with Crippen LogP contribution in [-0.4, -0.2) is 9.13 Å². The molecule has 2 aromatic heterocycles. The molecule has 0 N–H and O–H groups in total. The van der Waals surface area contributed by atoms with Crippen LogP contribution >= 0.6 is 0 Å². The molecular weight excluding hydrogens is 623 g/mol. The van der Waals surface area contributed by atoms with Gasteiger partial charge < -0.3 is 9.13 Å². The second-order valence-electron chi connectivity index (χ2n) is 13.7. The first kappa shape index (κ1) is 30.4. The van der Waals surface area contributed by atoms with Gasteiger partial charge in [0.1, 0.15) is 6.07 Å². The van der Waals surface area contributed by atoms with Crippen LogP contribution in [0.4, 0.5) is 0 Å².